The molecule has 0 spiro atoms. The summed E-state index contributed by atoms with van der Waals surface area (Å²) >= 11 is 0. The molecule has 1 saturated carbocycles. The molecule has 1 heterocycles. The highest BCUT2D eigenvalue weighted by atomic mass is 32.2. The van der Waals surface area contributed by atoms with E-state index in [1.54, 1.807) is 25.3 Å². The van der Waals surface area contributed by atoms with E-state index in [0.717, 1.165) is 12.1 Å². The van der Waals surface area contributed by atoms with Crippen LogP contribution in [-0.4, -0.2) is 48.2 Å². The fourth-order valence-corrected chi connectivity index (χ4v) is 5.95. The third-order valence-corrected chi connectivity index (χ3v) is 7.80. The third-order valence-electron chi connectivity index (χ3n) is 5.77. The molecule has 0 amide bonds. The lowest BCUT2D eigenvalue weighted by molar-refractivity contribution is 0.0587. The van der Waals surface area contributed by atoms with E-state index in [0.29, 0.717) is 36.2 Å². The Balaban J connectivity index is 2.06. The molecule has 0 saturated heterocycles. The zero-order valence-electron chi connectivity index (χ0n) is 18.3. The van der Waals surface area contributed by atoms with Crippen LogP contribution in [0.3, 0.4) is 0 Å². The zero-order chi connectivity index (χ0) is 23.1. The summed E-state index contributed by atoms with van der Waals surface area (Å²) in [4.78, 5) is 25.8. The van der Waals surface area contributed by atoms with Crippen molar-refractivity contribution in [1.82, 2.24) is 8.87 Å². The Bertz CT molecular complexity index is 1120. The molecule has 2 aromatic rings. The summed E-state index contributed by atoms with van der Waals surface area (Å²) in [6, 6.07) is 3.31. The number of Topliss-reactive ketones (excluding diaryl/α,β-unsaturated/α-hetero) is 1. The van der Waals surface area contributed by atoms with Crippen molar-refractivity contribution in [3.63, 3.8) is 0 Å². The molecule has 1 aliphatic carbocycles. The van der Waals surface area contributed by atoms with Crippen molar-refractivity contribution in [2.24, 2.45) is 0 Å². The van der Waals surface area contributed by atoms with E-state index in [9.17, 15) is 22.4 Å². The molecular formula is C22H27FN2O5S. The van der Waals surface area contributed by atoms with E-state index in [2.05, 4.69) is 0 Å². The molecule has 1 aromatic heterocycles. The first kappa shape index (κ1) is 23.1. The number of nitrogens with zero attached hydrogens (tertiary/aromatic N) is 2. The van der Waals surface area contributed by atoms with Gasteiger partial charge in [0.05, 0.1) is 18.0 Å². The number of sulfonamides is 1. The number of benzene rings is 1. The van der Waals surface area contributed by atoms with Gasteiger partial charge in [-0.15, -0.1) is 0 Å². The van der Waals surface area contributed by atoms with Crippen LogP contribution in [-0.2, 0) is 21.3 Å². The highest BCUT2D eigenvalue weighted by molar-refractivity contribution is 7.89. The van der Waals surface area contributed by atoms with Crippen LogP contribution < -0.4 is 0 Å². The lowest BCUT2D eigenvalue weighted by Gasteiger charge is -2.27. The van der Waals surface area contributed by atoms with Crippen molar-refractivity contribution < 1.29 is 27.1 Å². The fourth-order valence-electron chi connectivity index (χ4n) is 4.12. The molecular weight excluding hydrogens is 423 g/mol. The van der Waals surface area contributed by atoms with E-state index >= 15 is 0 Å². The summed E-state index contributed by atoms with van der Waals surface area (Å²) in [5, 5.41) is 0. The van der Waals surface area contributed by atoms with Crippen LogP contribution >= 0.6 is 0 Å². The minimum Gasteiger partial charge on any atom is -0.464 e. The predicted octanol–water partition coefficient (Wildman–Crippen LogP) is 3.48. The first-order chi connectivity index (χ1) is 14.6. The minimum absolute atomic E-state index is 0.0599. The summed E-state index contributed by atoms with van der Waals surface area (Å²) < 4.78 is 47.8. The Morgan fingerprint density at radius 3 is 2.29 bits per heavy atom. The highest BCUT2D eigenvalue weighted by Crippen LogP contribution is 2.36. The third kappa shape index (κ3) is 4.04. The Labute approximate surface area is 181 Å². The van der Waals surface area contributed by atoms with Crippen LogP contribution in [0.15, 0.2) is 29.2 Å². The number of carbonyl (C=O) groups is 2. The average Bonchev–Trinajstić information content (AvgIpc) is 3.52. The second-order valence-electron chi connectivity index (χ2n) is 7.73. The molecule has 0 bridgehead atoms. The SMILES string of the molecule is CCn1c(C)c(C(=O)C(C)N(C2CC2)S(=O)(=O)c2ccc(F)cc2)c(C)c1C(=O)OC. The van der Waals surface area contributed by atoms with Gasteiger partial charge >= 0.3 is 5.97 Å². The number of carbonyl (C=O) groups excluding carboxylic acids is 2. The first-order valence-corrected chi connectivity index (χ1v) is 11.6. The number of ether oxygens (including phenoxy) is 1. The van der Waals surface area contributed by atoms with Gasteiger partial charge in [0.1, 0.15) is 11.5 Å². The Morgan fingerprint density at radius 1 is 1.23 bits per heavy atom. The highest BCUT2D eigenvalue weighted by Gasteiger charge is 2.44. The van der Waals surface area contributed by atoms with E-state index in [4.69, 9.17) is 4.74 Å². The summed E-state index contributed by atoms with van der Waals surface area (Å²) in [5.74, 6) is -1.47. The molecule has 0 N–H and O–H groups in total. The second-order valence-corrected chi connectivity index (χ2v) is 9.57. The predicted molar refractivity (Wildman–Crippen MR) is 113 cm³/mol. The Morgan fingerprint density at radius 2 is 1.81 bits per heavy atom. The van der Waals surface area contributed by atoms with Crippen molar-refractivity contribution >= 4 is 21.8 Å². The number of halogens is 1. The molecule has 1 fully saturated rings. The fraction of sp³-hybridized carbons (Fsp3) is 0.455. The van der Waals surface area contributed by atoms with Crippen molar-refractivity contribution in [3.8, 4) is 0 Å². The van der Waals surface area contributed by atoms with Gasteiger partial charge in [0.15, 0.2) is 5.78 Å². The largest absolute Gasteiger partial charge is 0.464 e. The molecule has 0 radical (unpaired) electrons. The Hall–Kier alpha value is -2.52. The van der Waals surface area contributed by atoms with Crippen molar-refractivity contribution in [2.45, 2.75) is 64.1 Å². The van der Waals surface area contributed by atoms with E-state index in [1.807, 2.05) is 6.92 Å². The first-order valence-electron chi connectivity index (χ1n) is 10.2. The summed E-state index contributed by atoms with van der Waals surface area (Å²) in [7, 11) is -2.74. The standard InChI is InChI=1S/C22H27FN2O5S/c1-6-24-14(3)19(13(2)20(24)22(27)30-5)21(26)15(4)25(17-9-10-17)31(28,29)18-11-7-16(23)8-12-18/h7-8,11-12,15,17H,6,9-10H2,1-5H3. The average molecular weight is 451 g/mol. The van der Waals surface area contributed by atoms with E-state index in [1.165, 1.54) is 23.5 Å². The van der Waals surface area contributed by atoms with Crippen LogP contribution in [0.4, 0.5) is 4.39 Å². The number of rotatable bonds is 8. The van der Waals surface area contributed by atoms with Gasteiger partial charge in [-0.1, -0.05) is 0 Å². The van der Waals surface area contributed by atoms with Crippen LogP contribution in [0.25, 0.3) is 0 Å². The lowest BCUT2D eigenvalue weighted by Crippen LogP contribution is -2.45. The van der Waals surface area contributed by atoms with Crippen molar-refractivity contribution in [2.75, 3.05) is 7.11 Å². The monoisotopic (exact) mass is 450 g/mol. The minimum atomic E-state index is -4.02. The molecule has 7 nitrogen and oxygen atoms in total. The molecule has 3 rings (SSSR count). The maximum atomic E-state index is 13.6. The zero-order valence-corrected chi connectivity index (χ0v) is 19.1. The number of esters is 1. The molecule has 168 valence electrons. The summed E-state index contributed by atoms with van der Waals surface area (Å²) in [6.07, 6.45) is 1.30. The van der Waals surface area contributed by atoms with Gasteiger partial charge in [0.25, 0.3) is 0 Å². The molecule has 31 heavy (non-hydrogen) atoms. The number of ketones is 1. The van der Waals surface area contributed by atoms with Crippen LogP contribution in [0.5, 0.6) is 0 Å². The Kier molecular flexibility index (Phi) is 6.38. The topological polar surface area (TPSA) is 85.7 Å². The van der Waals surface area contributed by atoms with Crippen molar-refractivity contribution in [1.29, 1.82) is 0 Å². The molecule has 1 unspecified atom stereocenters. The van der Waals surface area contributed by atoms with Crippen LogP contribution in [0.1, 0.15) is 58.8 Å². The smallest absolute Gasteiger partial charge is 0.354 e. The number of hydrogen-bond donors (Lipinski definition) is 0. The van der Waals surface area contributed by atoms with Crippen molar-refractivity contribution in [3.05, 3.63) is 52.6 Å². The molecule has 1 aliphatic rings. The number of methoxy groups -OCH3 is 1. The van der Waals surface area contributed by atoms with Crippen LogP contribution in [0.2, 0.25) is 0 Å². The summed E-state index contributed by atoms with van der Waals surface area (Å²) in [5.41, 5.74) is 1.68. The molecule has 9 heteroatoms. The number of hydrogen-bond acceptors (Lipinski definition) is 5. The van der Waals surface area contributed by atoms with Gasteiger partial charge in [-0.2, -0.15) is 4.31 Å². The van der Waals surface area contributed by atoms with Gasteiger partial charge in [-0.05, 0) is 70.4 Å². The van der Waals surface area contributed by atoms with E-state index in [-0.39, 0.29) is 22.4 Å². The molecule has 1 atom stereocenters. The second kappa shape index (κ2) is 8.55. The van der Waals surface area contributed by atoms with E-state index < -0.39 is 27.9 Å². The van der Waals surface area contributed by atoms with Gasteiger partial charge in [-0.3, -0.25) is 4.79 Å². The quantitative estimate of drug-likeness (QED) is 0.454. The maximum absolute atomic E-state index is 13.6. The maximum Gasteiger partial charge on any atom is 0.354 e. The summed E-state index contributed by atoms with van der Waals surface area (Å²) in [6.45, 7) is 7.27. The van der Waals surface area contributed by atoms with Crippen LogP contribution in [0, 0.1) is 19.7 Å². The molecule has 0 aliphatic heterocycles. The molecule has 1 aromatic carbocycles. The van der Waals surface area contributed by atoms with Gasteiger partial charge < -0.3 is 9.30 Å². The van der Waals surface area contributed by atoms with Gasteiger partial charge in [0.2, 0.25) is 10.0 Å². The number of aromatic nitrogens is 1. The normalized spacial score (nSPS) is 15.2. The lowest BCUT2D eigenvalue weighted by atomic mass is 10.0. The van der Waals surface area contributed by atoms with Gasteiger partial charge in [0, 0.05) is 23.8 Å². The van der Waals surface area contributed by atoms with Gasteiger partial charge in [-0.25, -0.2) is 17.6 Å².